The number of phenolic OH excluding ortho intramolecular Hbond substituents is 1. The normalized spacial score (nSPS) is 23.2. The number of hydrogen-bond donors (Lipinski definition) is 1. The molecule has 2 amide bonds. The number of phenols is 1. The summed E-state index contributed by atoms with van der Waals surface area (Å²) in [6, 6.07) is 25.6. The summed E-state index contributed by atoms with van der Waals surface area (Å²) in [5.74, 6) is -3.66. The Bertz CT molecular complexity index is 2260. The number of ketones is 2. The number of amides is 2. The summed E-state index contributed by atoms with van der Waals surface area (Å²) in [5, 5.41) is 21.7. The summed E-state index contributed by atoms with van der Waals surface area (Å²) in [6.07, 6.45) is 3.80. The first-order valence-electron chi connectivity index (χ1n) is 16.7. The number of aromatic hydroxyl groups is 1. The summed E-state index contributed by atoms with van der Waals surface area (Å²) in [7, 11) is 3.93. The second-order valence-corrected chi connectivity index (χ2v) is 13.6. The van der Waals surface area contributed by atoms with Gasteiger partial charge in [0.1, 0.15) is 5.75 Å². The number of rotatable bonds is 5. The van der Waals surface area contributed by atoms with Crippen molar-refractivity contribution in [1.29, 1.82) is 0 Å². The molecule has 4 atom stereocenters. The summed E-state index contributed by atoms with van der Waals surface area (Å²) in [4.78, 5) is 58.8. The lowest BCUT2D eigenvalue weighted by Gasteiger charge is -2.42. The fourth-order valence-electron chi connectivity index (χ4n) is 8.08. The molecule has 0 saturated carbocycles. The van der Waals surface area contributed by atoms with E-state index in [1.54, 1.807) is 37.3 Å². The van der Waals surface area contributed by atoms with Crippen LogP contribution in [0.5, 0.6) is 5.75 Å². The fraction of sp³-hybridized carbons (Fsp3) is 0.220. The third kappa shape index (κ3) is 4.91. The molecule has 50 heavy (non-hydrogen) atoms. The van der Waals surface area contributed by atoms with Crippen molar-refractivity contribution in [1.82, 2.24) is 0 Å². The number of azo groups is 1. The second kappa shape index (κ2) is 11.9. The van der Waals surface area contributed by atoms with E-state index in [1.807, 2.05) is 79.7 Å². The molecule has 4 aliphatic rings. The highest BCUT2D eigenvalue weighted by molar-refractivity contribution is 6.25. The van der Waals surface area contributed by atoms with Crippen molar-refractivity contribution < 1.29 is 24.3 Å². The molecule has 3 aliphatic carbocycles. The van der Waals surface area contributed by atoms with Crippen LogP contribution in [0.3, 0.4) is 0 Å². The largest absolute Gasteiger partial charge is 0.507 e. The number of nitrogens with zero attached hydrogens (tertiary/aromatic N) is 4. The van der Waals surface area contributed by atoms with Crippen molar-refractivity contribution in [2.75, 3.05) is 23.9 Å². The molecule has 0 spiro atoms. The van der Waals surface area contributed by atoms with Gasteiger partial charge in [0, 0.05) is 53.4 Å². The lowest BCUT2D eigenvalue weighted by atomic mass is 9.59. The van der Waals surface area contributed by atoms with Crippen LogP contribution >= 0.6 is 0 Å². The maximum absolute atomic E-state index is 14.3. The first-order chi connectivity index (χ1) is 24.1. The smallest absolute Gasteiger partial charge is 0.238 e. The van der Waals surface area contributed by atoms with E-state index in [0.29, 0.717) is 51.2 Å². The van der Waals surface area contributed by atoms with Crippen LogP contribution in [0.4, 0.5) is 22.7 Å². The highest BCUT2D eigenvalue weighted by Gasteiger charge is 2.56. The molecule has 4 aromatic carbocycles. The van der Waals surface area contributed by atoms with Gasteiger partial charge < -0.3 is 10.0 Å². The minimum atomic E-state index is -0.727. The predicted molar refractivity (Wildman–Crippen MR) is 191 cm³/mol. The lowest BCUT2D eigenvalue weighted by Crippen LogP contribution is -2.39. The Morgan fingerprint density at radius 1 is 0.800 bits per heavy atom. The van der Waals surface area contributed by atoms with Crippen LogP contribution in [-0.2, 0) is 19.2 Å². The van der Waals surface area contributed by atoms with Crippen LogP contribution in [-0.4, -0.2) is 42.6 Å². The number of hydrogen-bond acceptors (Lipinski definition) is 8. The summed E-state index contributed by atoms with van der Waals surface area (Å²) in [5.41, 5.74) is 5.11. The number of carbonyl (C=O) groups is 4. The predicted octanol–water partition coefficient (Wildman–Crippen LogP) is 7.66. The highest BCUT2D eigenvalue weighted by atomic mass is 16.3. The molecule has 9 nitrogen and oxygen atoms in total. The third-order valence-electron chi connectivity index (χ3n) is 10.6. The molecular formula is C41H34N4O5. The van der Waals surface area contributed by atoms with E-state index in [9.17, 15) is 24.3 Å². The average Bonchev–Trinajstić information content (AvgIpc) is 3.38. The zero-order chi connectivity index (χ0) is 34.8. The van der Waals surface area contributed by atoms with Crippen molar-refractivity contribution in [3.63, 3.8) is 0 Å². The van der Waals surface area contributed by atoms with E-state index in [-0.39, 0.29) is 35.6 Å². The van der Waals surface area contributed by atoms with Gasteiger partial charge in [-0.3, -0.25) is 24.1 Å². The van der Waals surface area contributed by atoms with Gasteiger partial charge >= 0.3 is 0 Å². The number of benzene rings is 4. The first-order valence-corrected chi connectivity index (χ1v) is 16.7. The molecule has 4 aromatic rings. The third-order valence-corrected chi connectivity index (χ3v) is 10.6. The molecular weight excluding hydrogens is 628 g/mol. The topological polar surface area (TPSA) is 120 Å². The second-order valence-electron chi connectivity index (χ2n) is 13.6. The van der Waals surface area contributed by atoms with Gasteiger partial charge in [-0.25, -0.2) is 0 Å². The Balaban J connectivity index is 1.13. The molecule has 0 aromatic heterocycles. The average molecular weight is 663 g/mol. The maximum atomic E-state index is 14.3. The van der Waals surface area contributed by atoms with Crippen molar-refractivity contribution in [2.24, 2.45) is 28.0 Å². The Hall–Kier alpha value is -5.96. The standard InChI is InChI=1S/C41H34N4O5/c1-22-20-34(46)33-21-32-29(35(37(33)38(22)47)30-17-8-23-6-4-5-7-28(23)39(30)48)18-19-31-36(32)41(50)45(40(31)49)27-15-11-25(12-16-27)43-42-24-9-13-26(14-10-24)44(2)3/h4-18,20,31-32,35-36,48H,19,21H2,1-3H3. The summed E-state index contributed by atoms with van der Waals surface area (Å²) >= 11 is 0. The molecule has 0 bridgehead atoms. The van der Waals surface area contributed by atoms with Crippen molar-refractivity contribution in [3.8, 4) is 5.75 Å². The van der Waals surface area contributed by atoms with Crippen molar-refractivity contribution in [2.45, 2.75) is 25.7 Å². The molecule has 8 rings (SSSR count). The fourth-order valence-corrected chi connectivity index (χ4v) is 8.08. The van der Waals surface area contributed by atoms with Crippen LogP contribution in [0.25, 0.3) is 10.8 Å². The lowest BCUT2D eigenvalue weighted by molar-refractivity contribution is -0.123. The Morgan fingerprint density at radius 2 is 1.48 bits per heavy atom. The molecule has 0 radical (unpaired) electrons. The number of allylic oxidation sites excluding steroid dienone is 6. The van der Waals surface area contributed by atoms with Gasteiger partial charge in [-0.05, 0) is 85.7 Å². The zero-order valence-electron chi connectivity index (χ0n) is 27.8. The minimum Gasteiger partial charge on any atom is -0.507 e. The van der Waals surface area contributed by atoms with Crippen LogP contribution in [0.2, 0.25) is 0 Å². The zero-order valence-corrected chi connectivity index (χ0v) is 27.8. The van der Waals surface area contributed by atoms with E-state index in [2.05, 4.69) is 10.2 Å². The monoisotopic (exact) mass is 662 g/mol. The Labute approximate surface area is 288 Å². The maximum Gasteiger partial charge on any atom is 0.238 e. The van der Waals surface area contributed by atoms with Gasteiger partial charge in [-0.1, -0.05) is 48.0 Å². The number of imide groups is 1. The van der Waals surface area contributed by atoms with Crippen LogP contribution in [0, 0.1) is 17.8 Å². The van der Waals surface area contributed by atoms with Gasteiger partial charge in [-0.15, -0.1) is 0 Å². The SMILES string of the molecule is CC1=CC(=O)C2=C(C1=O)C(c1ccc3ccccc3c1O)C1=CCC3C(=O)N(c4ccc(N=Nc5ccc(N(C)C)cc5)cc4)C(=O)C3C1C2. The Morgan fingerprint density at radius 3 is 2.18 bits per heavy atom. The molecule has 1 aliphatic heterocycles. The molecule has 1 saturated heterocycles. The van der Waals surface area contributed by atoms with E-state index in [4.69, 9.17) is 0 Å². The summed E-state index contributed by atoms with van der Waals surface area (Å²) < 4.78 is 0. The Kier molecular flexibility index (Phi) is 7.44. The van der Waals surface area contributed by atoms with Crippen molar-refractivity contribution >= 4 is 56.9 Å². The van der Waals surface area contributed by atoms with E-state index in [0.717, 1.165) is 16.6 Å². The van der Waals surface area contributed by atoms with E-state index >= 15 is 0 Å². The molecule has 9 heteroatoms. The molecule has 1 N–H and O–H groups in total. The first kappa shape index (κ1) is 31.3. The molecule has 248 valence electrons. The van der Waals surface area contributed by atoms with Gasteiger partial charge in [0.15, 0.2) is 11.6 Å². The molecule has 1 fully saturated rings. The number of anilines is 2. The molecule has 1 heterocycles. The highest BCUT2D eigenvalue weighted by Crippen LogP contribution is 2.57. The van der Waals surface area contributed by atoms with Crippen molar-refractivity contribution in [3.05, 3.63) is 125 Å². The quantitative estimate of drug-likeness (QED) is 0.101. The van der Waals surface area contributed by atoms with E-state index in [1.165, 1.54) is 11.0 Å². The van der Waals surface area contributed by atoms with Gasteiger partial charge in [0.25, 0.3) is 0 Å². The van der Waals surface area contributed by atoms with Crippen LogP contribution < -0.4 is 9.80 Å². The number of fused-ring (bicyclic) bond motifs is 4. The van der Waals surface area contributed by atoms with Gasteiger partial charge in [0.2, 0.25) is 11.8 Å². The number of carbonyl (C=O) groups excluding carboxylic acids is 4. The van der Waals surface area contributed by atoms with E-state index < -0.39 is 23.7 Å². The minimum absolute atomic E-state index is 0.0364. The molecule has 4 unspecified atom stereocenters. The van der Waals surface area contributed by atoms with Crippen LogP contribution in [0.15, 0.2) is 130 Å². The van der Waals surface area contributed by atoms with Gasteiger partial charge in [0.05, 0.1) is 28.9 Å². The summed E-state index contributed by atoms with van der Waals surface area (Å²) in [6.45, 7) is 1.63. The van der Waals surface area contributed by atoms with Gasteiger partial charge in [-0.2, -0.15) is 10.2 Å². The van der Waals surface area contributed by atoms with Crippen LogP contribution in [0.1, 0.15) is 31.2 Å². The number of Topliss-reactive ketones (excluding diaryl/α,β-unsaturated/α-hetero) is 1.